The number of hydrogen-bond donors (Lipinski definition) is 0. The van der Waals surface area contributed by atoms with Gasteiger partial charge in [0.1, 0.15) is 5.75 Å². The topological polar surface area (TPSA) is 45.7 Å². The Morgan fingerprint density at radius 1 is 1.10 bits per heavy atom. The van der Waals surface area contributed by atoms with Crippen molar-refractivity contribution < 1.29 is 9.53 Å². The van der Waals surface area contributed by atoms with Crippen LogP contribution in [-0.2, 0) is 4.79 Å². The molecule has 1 aromatic carbocycles. The summed E-state index contributed by atoms with van der Waals surface area (Å²) in [5, 5.41) is 0. The molecule has 166 valence electrons. The largest absolute Gasteiger partial charge is 0.497 e. The van der Waals surface area contributed by atoms with E-state index in [2.05, 4.69) is 34.9 Å². The molecule has 0 spiro atoms. The molecular weight excluding hydrogens is 386 g/mol. The average molecular weight is 422 g/mol. The predicted molar refractivity (Wildman–Crippen MR) is 124 cm³/mol. The summed E-state index contributed by atoms with van der Waals surface area (Å²) in [6.45, 7) is 7.32. The standard InChI is InChI=1S/C26H35N3O2/c1-3-28-14-11-20(12-15-28)16-26(30)29-13-5-7-23(19-29)25-10-9-22(18-27-25)21-6-4-8-24(17-21)31-2/h4,6,8-10,17-18,20,23H,3,5,7,11-16,19H2,1-2H3. The van der Waals surface area contributed by atoms with Gasteiger partial charge in [0.2, 0.25) is 5.91 Å². The van der Waals surface area contributed by atoms with Gasteiger partial charge >= 0.3 is 0 Å². The Morgan fingerprint density at radius 2 is 1.94 bits per heavy atom. The quantitative estimate of drug-likeness (QED) is 0.685. The lowest BCUT2D eigenvalue weighted by Gasteiger charge is -2.35. The molecule has 31 heavy (non-hydrogen) atoms. The molecule has 1 atom stereocenters. The van der Waals surface area contributed by atoms with E-state index in [0.29, 0.717) is 24.2 Å². The zero-order valence-electron chi connectivity index (χ0n) is 18.9. The van der Waals surface area contributed by atoms with E-state index in [4.69, 9.17) is 9.72 Å². The van der Waals surface area contributed by atoms with Gasteiger partial charge in [-0.3, -0.25) is 9.78 Å². The molecule has 2 fully saturated rings. The van der Waals surface area contributed by atoms with Crippen LogP contribution in [0, 0.1) is 5.92 Å². The van der Waals surface area contributed by atoms with Crippen molar-refractivity contribution >= 4 is 5.91 Å². The van der Waals surface area contributed by atoms with E-state index in [1.165, 1.54) is 0 Å². The molecule has 0 N–H and O–H groups in total. The van der Waals surface area contributed by atoms with Crippen LogP contribution < -0.4 is 4.74 Å². The van der Waals surface area contributed by atoms with Crippen LogP contribution in [0.1, 0.15) is 50.6 Å². The number of carbonyl (C=O) groups is 1. The molecule has 0 bridgehead atoms. The van der Waals surface area contributed by atoms with Crippen molar-refractivity contribution in [2.24, 2.45) is 5.92 Å². The third kappa shape index (κ3) is 5.45. The Morgan fingerprint density at radius 3 is 2.65 bits per heavy atom. The molecule has 0 aliphatic carbocycles. The molecular formula is C26H35N3O2. The summed E-state index contributed by atoms with van der Waals surface area (Å²) in [7, 11) is 1.69. The maximum atomic E-state index is 13.0. The van der Waals surface area contributed by atoms with Gasteiger partial charge in [0.15, 0.2) is 0 Å². The summed E-state index contributed by atoms with van der Waals surface area (Å²) in [6, 6.07) is 12.3. The van der Waals surface area contributed by atoms with Gasteiger partial charge in [-0.15, -0.1) is 0 Å². The van der Waals surface area contributed by atoms with Crippen LogP contribution >= 0.6 is 0 Å². The van der Waals surface area contributed by atoms with Crippen LogP contribution in [0.5, 0.6) is 5.75 Å². The number of amides is 1. The highest BCUT2D eigenvalue weighted by Crippen LogP contribution is 2.30. The summed E-state index contributed by atoms with van der Waals surface area (Å²) >= 11 is 0. The van der Waals surface area contributed by atoms with E-state index in [9.17, 15) is 4.79 Å². The molecule has 1 unspecified atom stereocenters. The lowest BCUT2D eigenvalue weighted by atomic mass is 9.90. The van der Waals surface area contributed by atoms with Crippen LogP contribution in [0.25, 0.3) is 11.1 Å². The fourth-order valence-electron chi connectivity index (χ4n) is 4.95. The monoisotopic (exact) mass is 421 g/mol. The first kappa shape index (κ1) is 21.8. The van der Waals surface area contributed by atoms with E-state index < -0.39 is 0 Å². The van der Waals surface area contributed by atoms with Gasteiger partial charge in [-0.2, -0.15) is 0 Å². The normalized spacial score (nSPS) is 20.6. The number of aromatic nitrogens is 1. The number of benzene rings is 1. The van der Waals surface area contributed by atoms with Gasteiger partial charge in [-0.25, -0.2) is 0 Å². The second kappa shape index (κ2) is 10.3. The maximum Gasteiger partial charge on any atom is 0.222 e. The van der Waals surface area contributed by atoms with Crippen molar-refractivity contribution in [2.75, 3.05) is 39.8 Å². The van der Waals surface area contributed by atoms with Crippen LogP contribution in [0.3, 0.4) is 0 Å². The molecule has 5 heteroatoms. The third-order valence-corrected chi connectivity index (χ3v) is 7.00. The van der Waals surface area contributed by atoms with Crippen LogP contribution in [0.2, 0.25) is 0 Å². The van der Waals surface area contributed by atoms with Crippen molar-refractivity contribution in [3.05, 3.63) is 48.3 Å². The number of rotatable bonds is 6. The zero-order valence-corrected chi connectivity index (χ0v) is 18.9. The summed E-state index contributed by atoms with van der Waals surface area (Å²) in [6.07, 6.45) is 7.14. The van der Waals surface area contributed by atoms with Gasteiger partial charge < -0.3 is 14.5 Å². The zero-order chi connectivity index (χ0) is 21.6. The van der Waals surface area contributed by atoms with E-state index in [-0.39, 0.29) is 0 Å². The molecule has 2 aliphatic heterocycles. The van der Waals surface area contributed by atoms with Crippen molar-refractivity contribution in [3.8, 4) is 16.9 Å². The minimum atomic E-state index is 0.332. The highest BCUT2D eigenvalue weighted by molar-refractivity contribution is 5.76. The number of ether oxygens (including phenoxy) is 1. The molecule has 5 nitrogen and oxygen atoms in total. The Balaban J connectivity index is 1.35. The Hall–Kier alpha value is -2.40. The molecule has 1 aromatic heterocycles. The minimum absolute atomic E-state index is 0.332. The summed E-state index contributed by atoms with van der Waals surface area (Å²) in [4.78, 5) is 22.3. The number of likely N-dealkylation sites (tertiary alicyclic amines) is 2. The van der Waals surface area contributed by atoms with Gasteiger partial charge in [-0.1, -0.05) is 25.1 Å². The van der Waals surface area contributed by atoms with E-state index in [1.807, 2.05) is 24.4 Å². The third-order valence-electron chi connectivity index (χ3n) is 7.00. The number of carbonyl (C=O) groups excluding carboxylic acids is 1. The average Bonchev–Trinajstić information content (AvgIpc) is 2.84. The molecule has 0 radical (unpaired) electrons. The van der Waals surface area contributed by atoms with Crippen LogP contribution in [0.15, 0.2) is 42.6 Å². The van der Waals surface area contributed by atoms with Gasteiger partial charge in [0.25, 0.3) is 0 Å². The van der Waals surface area contributed by atoms with Gasteiger partial charge in [0.05, 0.1) is 7.11 Å². The summed E-state index contributed by atoms with van der Waals surface area (Å²) in [5.41, 5.74) is 3.29. The lowest BCUT2D eigenvalue weighted by Crippen LogP contribution is -2.41. The van der Waals surface area contributed by atoms with E-state index >= 15 is 0 Å². The maximum absolute atomic E-state index is 13.0. The minimum Gasteiger partial charge on any atom is -0.497 e. The van der Waals surface area contributed by atoms with Crippen molar-refractivity contribution in [1.82, 2.24) is 14.8 Å². The fourth-order valence-corrected chi connectivity index (χ4v) is 4.95. The summed E-state index contributed by atoms with van der Waals surface area (Å²) < 4.78 is 5.33. The molecule has 1 amide bonds. The van der Waals surface area contributed by atoms with E-state index in [0.717, 1.165) is 81.0 Å². The number of pyridine rings is 1. The Bertz CT molecular complexity index is 859. The molecule has 4 rings (SSSR count). The number of piperidine rings is 2. The summed E-state index contributed by atoms with van der Waals surface area (Å²) in [5.74, 6) is 2.07. The molecule has 2 aromatic rings. The molecule has 3 heterocycles. The lowest BCUT2D eigenvalue weighted by molar-refractivity contribution is -0.133. The first-order chi connectivity index (χ1) is 15.2. The van der Waals surface area contributed by atoms with Crippen LogP contribution in [-0.4, -0.2) is 60.5 Å². The van der Waals surface area contributed by atoms with Gasteiger partial charge in [-0.05, 0) is 75.0 Å². The second-order valence-electron chi connectivity index (χ2n) is 8.96. The molecule has 0 saturated carbocycles. The van der Waals surface area contributed by atoms with Gasteiger partial charge in [0, 0.05) is 42.9 Å². The number of nitrogens with zero attached hydrogens (tertiary/aromatic N) is 3. The predicted octanol–water partition coefficient (Wildman–Crippen LogP) is 4.59. The molecule has 2 aliphatic rings. The fraction of sp³-hybridized carbons (Fsp3) is 0.538. The molecule has 2 saturated heterocycles. The smallest absolute Gasteiger partial charge is 0.222 e. The van der Waals surface area contributed by atoms with Crippen molar-refractivity contribution in [1.29, 1.82) is 0 Å². The van der Waals surface area contributed by atoms with Crippen molar-refractivity contribution in [2.45, 2.75) is 44.9 Å². The number of hydrogen-bond acceptors (Lipinski definition) is 4. The first-order valence-corrected chi connectivity index (χ1v) is 11.8. The van der Waals surface area contributed by atoms with Crippen LogP contribution in [0.4, 0.5) is 0 Å². The Labute approximate surface area is 186 Å². The SMILES string of the molecule is CCN1CCC(CC(=O)N2CCCC(c3ccc(-c4cccc(OC)c4)cn3)C2)CC1. The van der Waals surface area contributed by atoms with Crippen molar-refractivity contribution in [3.63, 3.8) is 0 Å². The highest BCUT2D eigenvalue weighted by atomic mass is 16.5. The highest BCUT2D eigenvalue weighted by Gasteiger charge is 2.28. The second-order valence-corrected chi connectivity index (χ2v) is 8.96. The first-order valence-electron chi connectivity index (χ1n) is 11.8. The van der Waals surface area contributed by atoms with E-state index in [1.54, 1.807) is 7.11 Å². The Kier molecular flexibility index (Phi) is 7.23. The number of methoxy groups -OCH3 is 1.